The second-order valence-electron chi connectivity index (χ2n) is 4.41. The van der Waals surface area contributed by atoms with Crippen LogP contribution in [-0.2, 0) is 5.41 Å². The van der Waals surface area contributed by atoms with E-state index in [9.17, 15) is 0 Å². The van der Waals surface area contributed by atoms with Gasteiger partial charge in [0.25, 0.3) is 0 Å². The Bertz CT molecular complexity index is 323. The summed E-state index contributed by atoms with van der Waals surface area (Å²) in [5.74, 6) is 0. The van der Waals surface area contributed by atoms with Crippen molar-refractivity contribution < 1.29 is 5.11 Å². The smallest absolute Gasteiger partial charge is 0.0440 e. The van der Waals surface area contributed by atoms with E-state index in [2.05, 4.69) is 37.4 Å². The SMILES string of the molecule is CSc1ccc(C(C)(CCO)C(C)N)cc1. The predicted molar refractivity (Wildman–Crippen MR) is 70.9 cm³/mol. The first kappa shape index (κ1) is 13.6. The van der Waals surface area contributed by atoms with Gasteiger partial charge in [0.15, 0.2) is 0 Å². The molecule has 0 spiro atoms. The van der Waals surface area contributed by atoms with Gasteiger partial charge < -0.3 is 10.8 Å². The van der Waals surface area contributed by atoms with E-state index in [4.69, 9.17) is 10.8 Å². The van der Waals surface area contributed by atoms with E-state index in [0.717, 1.165) is 0 Å². The average Bonchev–Trinajstić information content (AvgIpc) is 2.29. The Kier molecular flexibility index (Phi) is 4.84. The van der Waals surface area contributed by atoms with Crippen LogP contribution in [0.4, 0.5) is 0 Å². The molecule has 2 unspecified atom stereocenters. The Morgan fingerprint density at radius 3 is 2.31 bits per heavy atom. The molecule has 0 aromatic heterocycles. The Morgan fingerprint density at radius 2 is 1.94 bits per heavy atom. The zero-order valence-corrected chi connectivity index (χ0v) is 11.1. The highest BCUT2D eigenvalue weighted by molar-refractivity contribution is 7.98. The van der Waals surface area contributed by atoms with Crippen LogP contribution in [0.5, 0.6) is 0 Å². The van der Waals surface area contributed by atoms with Gasteiger partial charge in [0.05, 0.1) is 0 Å². The van der Waals surface area contributed by atoms with Crippen LogP contribution in [0.15, 0.2) is 29.2 Å². The highest BCUT2D eigenvalue weighted by atomic mass is 32.2. The van der Waals surface area contributed by atoms with Gasteiger partial charge >= 0.3 is 0 Å². The maximum Gasteiger partial charge on any atom is 0.0440 e. The average molecular weight is 239 g/mol. The molecule has 3 heteroatoms. The van der Waals surface area contributed by atoms with Crippen molar-refractivity contribution >= 4 is 11.8 Å². The van der Waals surface area contributed by atoms with E-state index in [1.165, 1.54) is 10.5 Å². The second kappa shape index (κ2) is 5.71. The van der Waals surface area contributed by atoms with Gasteiger partial charge in [-0.25, -0.2) is 0 Å². The summed E-state index contributed by atoms with van der Waals surface area (Å²) in [6.07, 6.45) is 2.76. The minimum atomic E-state index is -0.147. The zero-order valence-electron chi connectivity index (χ0n) is 10.2. The molecule has 90 valence electrons. The van der Waals surface area contributed by atoms with Crippen LogP contribution in [0.1, 0.15) is 25.8 Å². The summed E-state index contributed by atoms with van der Waals surface area (Å²) in [6, 6.07) is 8.48. The number of rotatable bonds is 5. The monoisotopic (exact) mass is 239 g/mol. The summed E-state index contributed by atoms with van der Waals surface area (Å²) in [5, 5.41) is 9.15. The molecule has 0 amide bonds. The Morgan fingerprint density at radius 1 is 1.38 bits per heavy atom. The molecule has 0 aliphatic carbocycles. The third-order valence-electron chi connectivity index (χ3n) is 3.39. The lowest BCUT2D eigenvalue weighted by atomic mass is 9.74. The topological polar surface area (TPSA) is 46.2 Å². The van der Waals surface area contributed by atoms with Gasteiger partial charge in [-0.2, -0.15) is 0 Å². The summed E-state index contributed by atoms with van der Waals surface area (Å²) < 4.78 is 0. The number of nitrogens with two attached hydrogens (primary N) is 1. The molecule has 0 fully saturated rings. The molecule has 1 rings (SSSR count). The van der Waals surface area contributed by atoms with Crippen molar-refractivity contribution in [1.29, 1.82) is 0 Å². The van der Waals surface area contributed by atoms with Crippen LogP contribution in [0, 0.1) is 0 Å². The minimum absolute atomic E-state index is 0.0276. The van der Waals surface area contributed by atoms with Crippen LogP contribution >= 0.6 is 11.8 Å². The lowest BCUT2D eigenvalue weighted by molar-refractivity contribution is 0.229. The standard InChI is InChI=1S/C13H21NOS/c1-10(14)13(2,8-9-15)11-4-6-12(16-3)7-5-11/h4-7,10,15H,8-9,14H2,1-3H3. The molecule has 0 heterocycles. The van der Waals surface area contributed by atoms with E-state index >= 15 is 0 Å². The molecule has 3 N–H and O–H groups in total. The maximum absolute atomic E-state index is 9.15. The van der Waals surface area contributed by atoms with Crippen molar-refractivity contribution in [3.05, 3.63) is 29.8 Å². The molecule has 0 aliphatic heterocycles. The van der Waals surface area contributed by atoms with Crippen molar-refractivity contribution in [2.24, 2.45) is 5.73 Å². The summed E-state index contributed by atoms with van der Waals surface area (Å²) in [4.78, 5) is 1.25. The maximum atomic E-state index is 9.15. The van der Waals surface area contributed by atoms with Crippen molar-refractivity contribution in [1.82, 2.24) is 0 Å². The zero-order chi connectivity index (χ0) is 12.2. The van der Waals surface area contributed by atoms with Gasteiger partial charge in [-0.3, -0.25) is 0 Å². The molecule has 0 radical (unpaired) electrons. The first-order valence-corrected chi connectivity index (χ1v) is 6.78. The summed E-state index contributed by atoms with van der Waals surface area (Å²) in [6.45, 7) is 4.28. The first-order chi connectivity index (χ1) is 7.54. The Hall–Kier alpha value is -0.510. The lowest BCUT2D eigenvalue weighted by Gasteiger charge is -2.33. The molecular formula is C13H21NOS. The fourth-order valence-electron chi connectivity index (χ4n) is 1.84. The molecule has 2 atom stereocenters. The van der Waals surface area contributed by atoms with E-state index < -0.39 is 0 Å². The summed E-state index contributed by atoms with van der Waals surface area (Å²) >= 11 is 1.73. The van der Waals surface area contributed by atoms with Crippen LogP contribution in [0.2, 0.25) is 0 Å². The number of aliphatic hydroxyl groups is 1. The van der Waals surface area contributed by atoms with Crippen molar-refractivity contribution in [2.45, 2.75) is 36.6 Å². The fraction of sp³-hybridized carbons (Fsp3) is 0.538. The quantitative estimate of drug-likeness (QED) is 0.776. The molecule has 0 bridgehead atoms. The lowest BCUT2D eigenvalue weighted by Crippen LogP contribution is -2.41. The molecule has 0 saturated heterocycles. The van der Waals surface area contributed by atoms with Crippen molar-refractivity contribution in [3.63, 3.8) is 0 Å². The Balaban J connectivity index is 3.01. The van der Waals surface area contributed by atoms with Crippen LogP contribution in [0.3, 0.4) is 0 Å². The van der Waals surface area contributed by atoms with E-state index in [-0.39, 0.29) is 18.1 Å². The molecule has 16 heavy (non-hydrogen) atoms. The number of benzene rings is 1. The van der Waals surface area contributed by atoms with Gasteiger partial charge in [-0.1, -0.05) is 19.1 Å². The van der Waals surface area contributed by atoms with Gasteiger partial charge in [0.1, 0.15) is 0 Å². The molecule has 2 nitrogen and oxygen atoms in total. The molecule has 0 aliphatic rings. The Labute approximate surface area is 102 Å². The number of hydrogen-bond donors (Lipinski definition) is 2. The first-order valence-electron chi connectivity index (χ1n) is 5.55. The highest BCUT2D eigenvalue weighted by Gasteiger charge is 2.30. The number of aliphatic hydroxyl groups excluding tert-OH is 1. The van der Waals surface area contributed by atoms with Crippen LogP contribution < -0.4 is 5.73 Å². The summed E-state index contributed by atoms with van der Waals surface area (Å²) in [5.41, 5.74) is 7.10. The van der Waals surface area contributed by atoms with Crippen LogP contribution in [0.25, 0.3) is 0 Å². The predicted octanol–water partition coefficient (Wildman–Crippen LogP) is 2.40. The van der Waals surface area contributed by atoms with E-state index in [0.29, 0.717) is 6.42 Å². The molecule has 0 saturated carbocycles. The fourth-order valence-corrected chi connectivity index (χ4v) is 2.25. The minimum Gasteiger partial charge on any atom is -0.396 e. The number of thioether (sulfide) groups is 1. The van der Waals surface area contributed by atoms with Gasteiger partial charge in [-0.15, -0.1) is 11.8 Å². The van der Waals surface area contributed by atoms with Crippen molar-refractivity contribution in [2.75, 3.05) is 12.9 Å². The molecular weight excluding hydrogens is 218 g/mol. The summed E-state index contributed by atoms with van der Waals surface area (Å²) in [7, 11) is 0. The molecule has 1 aromatic carbocycles. The largest absolute Gasteiger partial charge is 0.396 e. The van der Waals surface area contributed by atoms with Gasteiger partial charge in [-0.05, 0) is 37.3 Å². The number of hydrogen-bond acceptors (Lipinski definition) is 3. The third kappa shape index (κ3) is 2.78. The van der Waals surface area contributed by atoms with Gasteiger partial charge in [0, 0.05) is 23.0 Å². The van der Waals surface area contributed by atoms with E-state index in [1.807, 2.05) is 6.92 Å². The van der Waals surface area contributed by atoms with Crippen LogP contribution in [-0.4, -0.2) is 24.0 Å². The molecule has 1 aromatic rings. The van der Waals surface area contributed by atoms with Gasteiger partial charge in [0.2, 0.25) is 0 Å². The third-order valence-corrected chi connectivity index (χ3v) is 4.13. The van der Waals surface area contributed by atoms with Crippen molar-refractivity contribution in [3.8, 4) is 0 Å². The highest BCUT2D eigenvalue weighted by Crippen LogP contribution is 2.31. The second-order valence-corrected chi connectivity index (χ2v) is 5.29. The normalized spacial score (nSPS) is 16.8. The van der Waals surface area contributed by atoms with E-state index in [1.54, 1.807) is 11.8 Å².